The second kappa shape index (κ2) is 7.69. The quantitative estimate of drug-likeness (QED) is 0.619. The minimum atomic E-state index is -0.423. The zero-order chi connectivity index (χ0) is 16.8. The van der Waals surface area contributed by atoms with Crippen molar-refractivity contribution in [1.29, 1.82) is 0 Å². The van der Waals surface area contributed by atoms with Crippen molar-refractivity contribution in [2.24, 2.45) is 0 Å². The lowest BCUT2D eigenvalue weighted by Crippen LogP contribution is -2.21. The Morgan fingerprint density at radius 3 is 2.09 bits per heavy atom. The molecule has 0 radical (unpaired) electrons. The molecule has 0 spiro atoms. The van der Waals surface area contributed by atoms with E-state index < -0.39 is 11.8 Å². The predicted molar refractivity (Wildman–Crippen MR) is 92.5 cm³/mol. The minimum Gasteiger partial charge on any atom is -0.326 e. The maximum Gasteiger partial charge on any atom is 0.233 e. The van der Waals surface area contributed by atoms with E-state index in [4.69, 9.17) is 0 Å². The van der Waals surface area contributed by atoms with E-state index in [-0.39, 0.29) is 12.2 Å². The van der Waals surface area contributed by atoms with Crippen LogP contribution in [0.2, 0.25) is 0 Å². The average molecular weight is 375 g/mol. The van der Waals surface area contributed by atoms with Gasteiger partial charge < -0.3 is 10.6 Å². The molecule has 2 aromatic rings. The van der Waals surface area contributed by atoms with Crippen molar-refractivity contribution < 1.29 is 14.4 Å². The molecule has 0 aromatic heterocycles. The van der Waals surface area contributed by atoms with Gasteiger partial charge in [-0.25, -0.2) is 0 Å². The maximum absolute atomic E-state index is 11.9. The summed E-state index contributed by atoms with van der Waals surface area (Å²) in [6.07, 6.45) is -0.291. The van der Waals surface area contributed by atoms with Gasteiger partial charge in [0.2, 0.25) is 11.8 Å². The van der Waals surface area contributed by atoms with E-state index in [1.54, 1.807) is 42.5 Å². The van der Waals surface area contributed by atoms with Gasteiger partial charge in [-0.05, 0) is 49.4 Å². The lowest BCUT2D eigenvalue weighted by Gasteiger charge is -2.07. The third-order valence-electron chi connectivity index (χ3n) is 3.00. The molecule has 0 aliphatic heterocycles. The fourth-order valence-electron chi connectivity index (χ4n) is 1.91. The van der Waals surface area contributed by atoms with E-state index in [0.717, 1.165) is 4.47 Å². The third-order valence-corrected chi connectivity index (χ3v) is 3.50. The largest absolute Gasteiger partial charge is 0.326 e. The van der Waals surface area contributed by atoms with E-state index in [0.29, 0.717) is 16.9 Å². The van der Waals surface area contributed by atoms with Crippen molar-refractivity contribution in [1.82, 2.24) is 0 Å². The number of amides is 2. The Balaban J connectivity index is 1.88. The van der Waals surface area contributed by atoms with Crippen molar-refractivity contribution in [3.63, 3.8) is 0 Å². The van der Waals surface area contributed by atoms with Gasteiger partial charge in [-0.1, -0.05) is 22.0 Å². The number of halogens is 1. The van der Waals surface area contributed by atoms with Crippen molar-refractivity contribution in [3.05, 3.63) is 58.6 Å². The monoisotopic (exact) mass is 374 g/mol. The lowest BCUT2D eigenvalue weighted by molar-refractivity contribution is -0.123. The molecule has 0 saturated carbocycles. The number of hydrogen-bond acceptors (Lipinski definition) is 3. The van der Waals surface area contributed by atoms with Crippen LogP contribution in [0.5, 0.6) is 0 Å². The van der Waals surface area contributed by atoms with Gasteiger partial charge in [-0.3, -0.25) is 14.4 Å². The van der Waals surface area contributed by atoms with E-state index in [1.165, 1.54) is 6.92 Å². The number of nitrogens with one attached hydrogen (secondary N) is 2. The van der Waals surface area contributed by atoms with Gasteiger partial charge in [0, 0.05) is 21.4 Å². The van der Waals surface area contributed by atoms with Crippen LogP contribution in [0.1, 0.15) is 23.7 Å². The number of benzene rings is 2. The molecule has 6 heteroatoms. The average Bonchev–Trinajstić information content (AvgIpc) is 2.47. The summed E-state index contributed by atoms with van der Waals surface area (Å²) in [5.41, 5.74) is 1.72. The van der Waals surface area contributed by atoms with Crippen LogP contribution in [0.15, 0.2) is 53.0 Å². The van der Waals surface area contributed by atoms with Gasteiger partial charge in [-0.2, -0.15) is 0 Å². The van der Waals surface area contributed by atoms with Crippen molar-refractivity contribution >= 4 is 44.9 Å². The molecule has 5 nitrogen and oxygen atoms in total. The smallest absolute Gasteiger partial charge is 0.233 e. The van der Waals surface area contributed by atoms with Crippen molar-refractivity contribution in [2.45, 2.75) is 13.3 Å². The van der Waals surface area contributed by atoms with E-state index in [9.17, 15) is 14.4 Å². The normalized spacial score (nSPS) is 10.0. The number of rotatable bonds is 5. The van der Waals surface area contributed by atoms with Crippen LogP contribution in [-0.4, -0.2) is 17.6 Å². The number of carbonyl (C=O) groups is 3. The first kappa shape index (κ1) is 16.9. The summed E-state index contributed by atoms with van der Waals surface area (Å²) in [5, 5.41) is 5.26. The first-order valence-electron chi connectivity index (χ1n) is 6.90. The second-order valence-corrected chi connectivity index (χ2v) is 5.83. The Kier molecular flexibility index (Phi) is 5.65. The molecule has 0 aliphatic carbocycles. The molecule has 2 N–H and O–H groups in total. The van der Waals surface area contributed by atoms with Crippen LogP contribution in [0.3, 0.4) is 0 Å². The number of carbonyl (C=O) groups excluding carboxylic acids is 3. The van der Waals surface area contributed by atoms with Crippen LogP contribution >= 0.6 is 15.9 Å². The van der Waals surface area contributed by atoms with Gasteiger partial charge in [0.1, 0.15) is 6.42 Å². The Morgan fingerprint density at radius 2 is 1.52 bits per heavy atom. The highest BCUT2D eigenvalue weighted by molar-refractivity contribution is 9.10. The highest BCUT2D eigenvalue weighted by Crippen LogP contribution is 2.16. The fraction of sp³-hybridized carbons (Fsp3) is 0.118. The zero-order valence-corrected chi connectivity index (χ0v) is 14.0. The van der Waals surface area contributed by atoms with Crippen LogP contribution in [0.25, 0.3) is 0 Å². The molecule has 0 atom stereocenters. The molecule has 0 unspecified atom stereocenters. The number of Topliss-reactive ketones (excluding diaryl/α,β-unsaturated/α-hetero) is 1. The van der Waals surface area contributed by atoms with Gasteiger partial charge >= 0.3 is 0 Å². The standard InChI is InChI=1S/C17H15BrN2O3/c1-11(21)12-5-7-14(8-6-12)19-16(22)10-17(23)20-15-4-2-3-13(18)9-15/h2-9H,10H2,1H3,(H,19,22)(H,20,23). The minimum absolute atomic E-state index is 0.0451. The Labute approximate surface area is 142 Å². The van der Waals surface area contributed by atoms with E-state index >= 15 is 0 Å². The SMILES string of the molecule is CC(=O)c1ccc(NC(=O)CC(=O)Nc2cccc(Br)c2)cc1. The van der Waals surface area contributed by atoms with Crippen LogP contribution < -0.4 is 10.6 Å². The first-order chi connectivity index (χ1) is 10.9. The molecule has 2 aromatic carbocycles. The number of ketones is 1. The lowest BCUT2D eigenvalue weighted by atomic mass is 10.1. The molecule has 0 bridgehead atoms. The van der Waals surface area contributed by atoms with Crippen LogP contribution in [0, 0.1) is 0 Å². The summed E-state index contributed by atoms with van der Waals surface area (Å²) < 4.78 is 0.838. The van der Waals surface area contributed by atoms with Crippen LogP contribution in [0.4, 0.5) is 11.4 Å². The molecule has 2 rings (SSSR count). The first-order valence-corrected chi connectivity index (χ1v) is 7.69. The maximum atomic E-state index is 11.9. The fourth-order valence-corrected chi connectivity index (χ4v) is 2.31. The van der Waals surface area contributed by atoms with Crippen LogP contribution in [-0.2, 0) is 9.59 Å². The highest BCUT2D eigenvalue weighted by atomic mass is 79.9. The zero-order valence-electron chi connectivity index (χ0n) is 12.4. The molecule has 118 valence electrons. The summed E-state index contributed by atoms with van der Waals surface area (Å²) in [5.74, 6) is -0.870. The Hall–Kier alpha value is -2.47. The summed E-state index contributed by atoms with van der Waals surface area (Å²) in [4.78, 5) is 34.9. The molecule has 0 saturated heterocycles. The molecular weight excluding hydrogens is 360 g/mol. The second-order valence-electron chi connectivity index (χ2n) is 4.92. The Morgan fingerprint density at radius 1 is 0.913 bits per heavy atom. The molecule has 0 heterocycles. The number of anilines is 2. The predicted octanol–water partition coefficient (Wildman–Crippen LogP) is 3.62. The molecule has 23 heavy (non-hydrogen) atoms. The van der Waals surface area contributed by atoms with Crippen molar-refractivity contribution in [2.75, 3.05) is 10.6 Å². The highest BCUT2D eigenvalue weighted by Gasteiger charge is 2.10. The Bertz CT molecular complexity index is 742. The van der Waals surface area contributed by atoms with Crippen molar-refractivity contribution in [3.8, 4) is 0 Å². The molecule has 2 amide bonds. The van der Waals surface area contributed by atoms with E-state index in [1.807, 2.05) is 6.07 Å². The summed E-state index contributed by atoms with van der Waals surface area (Å²) in [6, 6.07) is 13.6. The van der Waals surface area contributed by atoms with E-state index in [2.05, 4.69) is 26.6 Å². The number of hydrogen-bond donors (Lipinski definition) is 2. The van der Waals surface area contributed by atoms with Gasteiger partial charge in [0.25, 0.3) is 0 Å². The molecular formula is C17H15BrN2O3. The molecule has 0 aliphatic rings. The van der Waals surface area contributed by atoms with Gasteiger partial charge in [0.05, 0.1) is 0 Å². The van der Waals surface area contributed by atoms with Gasteiger partial charge in [0.15, 0.2) is 5.78 Å². The summed E-state index contributed by atoms with van der Waals surface area (Å²) in [6.45, 7) is 1.47. The summed E-state index contributed by atoms with van der Waals surface area (Å²) in [7, 11) is 0. The van der Waals surface area contributed by atoms with Gasteiger partial charge in [-0.15, -0.1) is 0 Å². The third kappa shape index (κ3) is 5.34. The topological polar surface area (TPSA) is 75.3 Å². The summed E-state index contributed by atoms with van der Waals surface area (Å²) >= 11 is 3.31. The molecule has 0 fully saturated rings.